The fourth-order valence-electron chi connectivity index (χ4n) is 0.146. The molecule has 0 fully saturated rings. The predicted molar refractivity (Wildman–Crippen MR) is 24.8 cm³/mol. The molecule has 0 aliphatic rings. The standard InChI is InChI=1S/C4H7F3N/c1-3(8-2)4(5,6)7/h3H,1-2H3/q-1. The second-order valence-corrected chi connectivity index (χ2v) is 1.48. The molecule has 0 heterocycles. The van der Waals surface area contributed by atoms with Gasteiger partial charge in [0.05, 0.1) is 0 Å². The molecule has 0 aromatic carbocycles. The molecule has 1 atom stereocenters. The van der Waals surface area contributed by atoms with Gasteiger partial charge in [-0.2, -0.15) is 20.2 Å². The van der Waals surface area contributed by atoms with E-state index in [1.54, 1.807) is 0 Å². The van der Waals surface area contributed by atoms with Crippen molar-refractivity contribution in [1.29, 1.82) is 0 Å². The molecule has 8 heavy (non-hydrogen) atoms. The van der Waals surface area contributed by atoms with Crippen LogP contribution in [0.2, 0.25) is 0 Å². The van der Waals surface area contributed by atoms with Crippen LogP contribution in [0.25, 0.3) is 5.32 Å². The average Bonchev–Trinajstić information content (AvgIpc) is 1.62. The summed E-state index contributed by atoms with van der Waals surface area (Å²) in [6.07, 6.45) is -4.16. The highest BCUT2D eigenvalue weighted by Gasteiger charge is 2.27. The molecule has 0 rings (SSSR count). The second-order valence-electron chi connectivity index (χ2n) is 1.48. The second kappa shape index (κ2) is 2.35. The molecule has 0 aromatic heterocycles. The lowest BCUT2D eigenvalue weighted by atomic mass is 10.3. The van der Waals surface area contributed by atoms with Gasteiger partial charge in [-0.05, 0) is 6.04 Å². The van der Waals surface area contributed by atoms with Crippen LogP contribution in [0.4, 0.5) is 13.2 Å². The quantitative estimate of drug-likeness (QED) is 0.509. The first-order valence-electron chi connectivity index (χ1n) is 2.14. The van der Waals surface area contributed by atoms with Crippen LogP contribution < -0.4 is 0 Å². The molecule has 0 spiro atoms. The molecule has 0 bridgehead atoms. The van der Waals surface area contributed by atoms with E-state index in [1.165, 1.54) is 0 Å². The topological polar surface area (TPSA) is 14.1 Å². The van der Waals surface area contributed by atoms with E-state index in [0.29, 0.717) is 0 Å². The molecule has 0 amide bonds. The summed E-state index contributed by atoms with van der Waals surface area (Å²) in [5.41, 5.74) is 0. The Bertz CT molecular complexity index is 68.2. The molecule has 1 unspecified atom stereocenters. The molecule has 0 saturated carbocycles. The minimum absolute atomic E-state index is 1.01. The van der Waals surface area contributed by atoms with Crippen LogP contribution in [0.5, 0.6) is 0 Å². The first-order chi connectivity index (χ1) is 3.48. The van der Waals surface area contributed by atoms with Crippen LogP contribution in [0, 0.1) is 0 Å². The number of rotatable bonds is 1. The summed E-state index contributed by atoms with van der Waals surface area (Å²) in [5.74, 6) is 0. The molecule has 0 aromatic rings. The Morgan fingerprint density at radius 3 is 1.75 bits per heavy atom. The Kier molecular flexibility index (Phi) is 2.27. The van der Waals surface area contributed by atoms with Crippen molar-refractivity contribution in [2.75, 3.05) is 7.05 Å². The van der Waals surface area contributed by atoms with Gasteiger partial charge in [0.1, 0.15) is 0 Å². The molecule has 1 nitrogen and oxygen atoms in total. The zero-order valence-electron chi connectivity index (χ0n) is 4.66. The zero-order chi connectivity index (χ0) is 6.78. The normalized spacial score (nSPS) is 16.1. The largest absolute Gasteiger partial charge is 0.655 e. The zero-order valence-corrected chi connectivity index (χ0v) is 4.66. The maximum Gasteiger partial charge on any atom is 0.373 e. The highest BCUT2D eigenvalue weighted by Crippen LogP contribution is 2.23. The van der Waals surface area contributed by atoms with Gasteiger partial charge in [0.25, 0.3) is 0 Å². The van der Waals surface area contributed by atoms with Gasteiger partial charge < -0.3 is 5.32 Å². The number of nitrogens with zero attached hydrogens (tertiary/aromatic N) is 1. The Morgan fingerprint density at radius 1 is 1.38 bits per heavy atom. The third kappa shape index (κ3) is 2.16. The molecule has 0 radical (unpaired) electrons. The molecule has 50 valence electrons. The van der Waals surface area contributed by atoms with Crippen molar-refractivity contribution in [3.63, 3.8) is 0 Å². The molecular formula is C4H7F3N-. The van der Waals surface area contributed by atoms with E-state index >= 15 is 0 Å². The van der Waals surface area contributed by atoms with Crippen LogP contribution in [-0.2, 0) is 0 Å². The van der Waals surface area contributed by atoms with Gasteiger partial charge in [0.15, 0.2) is 0 Å². The fraction of sp³-hybridized carbons (Fsp3) is 1.00. The van der Waals surface area contributed by atoms with Gasteiger partial charge in [0, 0.05) is 0 Å². The SMILES string of the molecule is C[N-]C(C)C(F)(F)F. The van der Waals surface area contributed by atoms with E-state index < -0.39 is 12.2 Å². The minimum Gasteiger partial charge on any atom is -0.655 e. The molecule has 0 N–H and O–H groups in total. The Morgan fingerprint density at radius 2 is 1.75 bits per heavy atom. The van der Waals surface area contributed by atoms with Crippen LogP contribution >= 0.6 is 0 Å². The fourth-order valence-corrected chi connectivity index (χ4v) is 0.146. The molecule has 4 heteroatoms. The van der Waals surface area contributed by atoms with Crippen LogP contribution in [0.1, 0.15) is 6.92 Å². The first kappa shape index (κ1) is 7.75. The number of hydrogen-bond acceptors (Lipinski definition) is 0. The van der Waals surface area contributed by atoms with Crippen molar-refractivity contribution in [2.24, 2.45) is 0 Å². The maximum atomic E-state index is 11.4. The van der Waals surface area contributed by atoms with E-state index in [4.69, 9.17) is 0 Å². The molecule has 0 saturated heterocycles. The summed E-state index contributed by atoms with van der Waals surface area (Å²) in [7, 11) is 1.15. The lowest BCUT2D eigenvalue weighted by Gasteiger charge is -2.25. The highest BCUT2D eigenvalue weighted by molar-refractivity contribution is 4.87. The van der Waals surface area contributed by atoms with Crippen LogP contribution in [-0.4, -0.2) is 19.3 Å². The van der Waals surface area contributed by atoms with Crippen LogP contribution in [0.15, 0.2) is 0 Å². The average molecular weight is 126 g/mol. The van der Waals surface area contributed by atoms with Gasteiger partial charge in [-0.25, -0.2) is 0 Å². The molecule has 0 aliphatic heterocycles. The highest BCUT2D eigenvalue weighted by atomic mass is 19.4. The third-order valence-electron chi connectivity index (χ3n) is 0.861. The summed E-state index contributed by atoms with van der Waals surface area (Å²) >= 11 is 0. The van der Waals surface area contributed by atoms with Crippen molar-refractivity contribution in [3.05, 3.63) is 5.32 Å². The summed E-state index contributed by atoms with van der Waals surface area (Å²) < 4.78 is 34.1. The summed E-state index contributed by atoms with van der Waals surface area (Å²) in [5, 5.41) is 3.03. The van der Waals surface area contributed by atoms with Crippen LogP contribution in [0.3, 0.4) is 0 Å². The van der Waals surface area contributed by atoms with Gasteiger partial charge in [-0.15, -0.1) is 0 Å². The molecule has 0 aliphatic carbocycles. The smallest absolute Gasteiger partial charge is 0.373 e. The van der Waals surface area contributed by atoms with Gasteiger partial charge in [-0.3, -0.25) is 0 Å². The van der Waals surface area contributed by atoms with Crippen molar-refractivity contribution >= 4 is 0 Å². The van der Waals surface area contributed by atoms with E-state index in [0.717, 1.165) is 14.0 Å². The predicted octanol–water partition coefficient (Wildman–Crippen LogP) is 1.94. The van der Waals surface area contributed by atoms with Crippen molar-refractivity contribution in [3.8, 4) is 0 Å². The summed E-state index contributed by atoms with van der Waals surface area (Å²) in [6, 6.07) is -1.53. The monoisotopic (exact) mass is 126 g/mol. The van der Waals surface area contributed by atoms with Crippen molar-refractivity contribution in [2.45, 2.75) is 19.1 Å². The summed E-state index contributed by atoms with van der Waals surface area (Å²) in [6.45, 7) is 1.01. The minimum atomic E-state index is -4.16. The summed E-state index contributed by atoms with van der Waals surface area (Å²) in [4.78, 5) is 0. The first-order valence-corrected chi connectivity index (χ1v) is 2.14. The number of halogens is 3. The van der Waals surface area contributed by atoms with E-state index in [-0.39, 0.29) is 0 Å². The van der Waals surface area contributed by atoms with E-state index in [9.17, 15) is 13.2 Å². The Hall–Kier alpha value is -0.250. The Balaban J connectivity index is 3.62. The maximum absolute atomic E-state index is 11.4. The van der Waals surface area contributed by atoms with Gasteiger partial charge in [0.2, 0.25) is 0 Å². The number of alkyl halides is 3. The van der Waals surface area contributed by atoms with Crippen molar-refractivity contribution < 1.29 is 13.2 Å². The number of hydrogen-bond donors (Lipinski definition) is 0. The lowest BCUT2D eigenvalue weighted by molar-refractivity contribution is -0.136. The Labute approximate surface area is 45.9 Å². The van der Waals surface area contributed by atoms with Gasteiger partial charge in [-0.1, -0.05) is 6.92 Å². The van der Waals surface area contributed by atoms with Gasteiger partial charge >= 0.3 is 6.18 Å². The molecular weight excluding hydrogens is 119 g/mol. The lowest BCUT2D eigenvalue weighted by Crippen LogP contribution is -2.23. The third-order valence-corrected chi connectivity index (χ3v) is 0.861. The van der Waals surface area contributed by atoms with E-state index in [2.05, 4.69) is 5.32 Å². The van der Waals surface area contributed by atoms with Crippen molar-refractivity contribution in [1.82, 2.24) is 0 Å². The van der Waals surface area contributed by atoms with E-state index in [1.807, 2.05) is 0 Å².